The van der Waals surface area contributed by atoms with Crippen molar-refractivity contribution in [2.75, 3.05) is 6.61 Å². The van der Waals surface area contributed by atoms with E-state index in [1.165, 1.54) is 0 Å². The van der Waals surface area contributed by atoms with Gasteiger partial charge in [-0.1, -0.05) is 6.58 Å². The molecule has 1 aliphatic carbocycles. The third-order valence-electron chi connectivity index (χ3n) is 1.97. The summed E-state index contributed by atoms with van der Waals surface area (Å²) in [7, 11) is 0. The second-order valence-electron chi connectivity index (χ2n) is 3.24. The Kier molecular flexibility index (Phi) is 4.44. The molecule has 1 saturated carbocycles. The van der Waals surface area contributed by atoms with Crippen LogP contribution in [-0.2, 0) is 14.3 Å². The number of carbonyl (C=O) groups excluding carboxylic acids is 1. The minimum atomic E-state index is -0.470. The maximum atomic E-state index is 11.3. The van der Waals surface area contributed by atoms with Gasteiger partial charge in [0.25, 0.3) is 0 Å². The number of hydrogen-bond acceptors (Lipinski definition) is 3. The normalized spacial score (nSPS) is 16.9. The van der Waals surface area contributed by atoms with Crippen LogP contribution in [0.4, 0.5) is 0 Å². The fourth-order valence-corrected chi connectivity index (χ4v) is 1.06. The molecule has 1 aliphatic rings. The molecule has 0 heterocycles. The lowest BCUT2D eigenvalue weighted by molar-refractivity contribution is -0.178. The third-order valence-corrected chi connectivity index (χ3v) is 1.97. The quantitative estimate of drug-likeness (QED) is 0.370. The molecule has 0 aromatic carbocycles. The van der Waals surface area contributed by atoms with Crippen LogP contribution in [0.5, 0.6) is 0 Å². The van der Waals surface area contributed by atoms with Crippen LogP contribution < -0.4 is 0 Å². The van der Waals surface area contributed by atoms with E-state index < -0.39 is 6.29 Å². The van der Waals surface area contributed by atoms with E-state index in [9.17, 15) is 4.79 Å². The van der Waals surface area contributed by atoms with Crippen molar-refractivity contribution in [2.24, 2.45) is 5.92 Å². The van der Waals surface area contributed by atoms with E-state index in [2.05, 4.69) is 12.3 Å². The Hall–Kier alpha value is -1.05. The van der Waals surface area contributed by atoms with E-state index in [0.717, 1.165) is 12.8 Å². The molecule has 1 fully saturated rings. The van der Waals surface area contributed by atoms with Crippen molar-refractivity contribution in [1.82, 2.24) is 0 Å². The van der Waals surface area contributed by atoms with Crippen LogP contribution >= 0.6 is 0 Å². The molecule has 0 aromatic heterocycles. The number of hydrogen-bond donors (Lipinski definition) is 0. The molecule has 78 valence electrons. The number of esters is 1. The highest BCUT2D eigenvalue weighted by Gasteiger charge is 2.32. The highest BCUT2D eigenvalue weighted by molar-refractivity contribution is 5.74. The molecular formula is C11H16O3. The van der Waals surface area contributed by atoms with Crippen molar-refractivity contribution in [2.45, 2.75) is 32.5 Å². The van der Waals surface area contributed by atoms with Crippen molar-refractivity contribution in [3.8, 4) is 0 Å². The zero-order valence-electron chi connectivity index (χ0n) is 8.49. The molecule has 0 spiro atoms. The molecule has 1 atom stereocenters. The van der Waals surface area contributed by atoms with Crippen molar-refractivity contribution in [1.29, 1.82) is 0 Å². The molecule has 0 bridgehead atoms. The van der Waals surface area contributed by atoms with Gasteiger partial charge in [0.2, 0.25) is 6.29 Å². The summed E-state index contributed by atoms with van der Waals surface area (Å²) in [5.74, 6) is -0.0217. The lowest BCUT2D eigenvalue weighted by Crippen LogP contribution is -2.21. The first-order valence-electron chi connectivity index (χ1n) is 4.94. The van der Waals surface area contributed by atoms with Gasteiger partial charge in [0.05, 0.1) is 5.92 Å². The molecular weight excluding hydrogens is 180 g/mol. The molecule has 0 aliphatic heterocycles. The molecule has 1 unspecified atom stereocenters. The summed E-state index contributed by atoms with van der Waals surface area (Å²) in [6.07, 6.45) is 3.67. The zero-order valence-corrected chi connectivity index (χ0v) is 8.49. The van der Waals surface area contributed by atoms with Gasteiger partial charge in [0.15, 0.2) is 0 Å². The Balaban J connectivity index is 2.32. The van der Waals surface area contributed by atoms with E-state index in [0.29, 0.717) is 13.0 Å². The van der Waals surface area contributed by atoms with Crippen LogP contribution in [0.25, 0.3) is 0 Å². The van der Waals surface area contributed by atoms with Crippen molar-refractivity contribution in [3.05, 3.63) is 18.4 Å². The van der Waals surface area contributed by atoms with Gasteiger partial charge in [-0.25, -0.2) is 0 Å². The summed E-state index contributed by atoms with van der Waals surface area (Å²) in [5.41, 5.74) is 2.63. The molecule has 3 nitrogen and oxygen atoms in total. The smallest absolute Gasteiger partial charge is 0.311 e. The lowest BCUT2D eigenvalue weighted by atomic mass is 10.4. The average molecular weight is 196 g/mol. The minimum absolute atomic E-state index is 0.116. The van der Waals surface area contributed by atoms with Crippen molar-refractivity contribution < 1.29 is 14.3 Å². The van der Waals surface area contributed by atoms with Crippen LogP contribution in [0.1, 0.15) is 26.2 Å². The first-order chi connectivity index (χ1) is 6.77. The van der Waals surface area contributed by atoms with Crippen LogP contribution in [0.15, 0.2) is 18.4 Å². The average Bonchev–Trinajstić information content (AvgIpc) is 2.97. The topological polar surface area (TPSA) is 35.5 Å². The summed E-state index contributed by atoms with van der Waals surface area (Å²) in [6.45, 7) is 5.85. The van der Waals surface area contributed by atoms with Gasteiger partial charge in [-0.3, -0.25) is 4.79 Å². The molecule has 14 heavy (non-hydrogen) atoms. The van der Waals surface area contributed by atoms with Gasteiger partial charge in [-0.2, -0.15) is 0 Å². The third kappa shape index (κ3) is 3.77. The Morgan fingerprint density at radius 1 is 1.71 bits per heavy atom. The lowest BCUT2D eigenvalue weighted by Gasteiger charge is -2.15. The first kappa shape index (κ1) is 11.0. The summed E-state index contributed by atoms with van der Waals surface area (Å²) < 4.78 is 10.4. The van der Waals surface area contributed by atoms with E-state index in [4.69, 9.17) is 9.47 Å². The summed E-state index contributed by atoms with van der Waals surface area (Å²) in [4.78, 5) is 11.3. The van der Waals surface area contributed by atoms with Gasteiger partial charge in [-0.05, 0) is 25.8 Å². The Labute approximate surface area is 84.4 Å². The molecule has 0 N–H and O–H groups in total. The summed E-state index contributed by atoms with van der Waals surface area (Å²) in [5, 5.41) is 0. The second kappa shape index (κ2) is 5.63. The van der Waals surface area contributed by atoms with Crippen molar-refractivity contribution >= 4 is 5.97 Å². The first-order valence-corrected chi connectivity index (χ1v) is 4.94. The maximum Gasteiger partial charge on any atom is 0.311 e. The van der Waals surface area contributed by atoms with Gasteiger partial charge >= 0.3 is 5.97 Å². The van der Waals surface area contributed by atoms with Crippen molar-refractivity contribution in [3.63, 3.8) is 0 Å². The fourth-order valence-electron chi connectivity index (χ4n) is 1.06. The van der Waals surface area contributed by atoms with Gasteiger partial charge in [0.1, 0.15) is 0 Å². The predicted octanol–water partition coefficient (Wildman–Crippen LogP) is 2.03. The second-order valence-corrected chi connectivity index (χ2v) is 3.24. The van der Waals surface area contributed by atoms with Crippen LogP contribution in [0, 0.1) is 5.92 Å². The largest absolute Gasteiger partial charge is 0.435 e. The van der Waals surface area contributed by atoms with E-state index in [-0.39, 0.29) is 11.9 Å². The van der Waals surface area contributed by atoms with E-state index in [1.54, 1.807) is 6.08 Å². The molecule has 0 radical (unpaired) electrons. The number of carbonyl (C=O) groups is 1. The SMILES string of the molecule is C=C=CCC(OCC)OC(=O)C1CC1. The molecule has 0 aromatic rings. The van der Waals surface area contributed by atoms with Crippen LogP contribution in [0.3, 0.4) is 0 Å². The van der Waals surface area contributed by atoms with E-state index in [1.807, 2.05) is 6.92 Å². The van der Waals surface area contributed by atoms with Gasteiger partial charge in [0, 0.05) is 13.0 Å². The minimum Gasteiger partial charge on any atom is -0.435 e. The predicted molar refractivity (Wildman–Crippen MR) is 52.6 cm³/mol. The standard InChI is InChI=1S/C11H16O3/c1-3-5-6-10(13-4-2)14-11(12)9-7-8-9/h5,9-10H,1,4,6-8H2,2H3. The monoisotopic (exact) mass is 196 g/mol. The Bertz CT molecular complexity index is 237. The number of ether oxygens (including phenoxy) is 2. The summed E-state index contributed by atoms with van der Waals surface area (Å²) in [6, 6.07) is 0. The molecule has 0 amide bonds. The molecule has 3 heteroatoms. The molecule has 1 rings (SSSR count). The van der Waals surface area contributed by atoms with Gasteiger partial charge in [-0.15, -0.1) is 5.73 Å². The Morgan fingerprint density at radius 3 is 2.93 bits per heavy atom. The number of rotatable bonds is 6. The Morgan fingerprint density at radius 2 is 2.43 bits per heavy atom. The van der Waals surface area contributed by atoms with Crippen LogP contribution in [-0.4, -0.2) is 18.9 Å². The molecule has 0 saturated heterocycles. The van der Waals surface area contributed by atoms with Gasteiger partial charge < -0.3 is 9.47 Å². The van der Waals surface area contributed by atoms with E-state index >= 15 is 0 Å². The zero-order chi connectivity index (χ0) is 10.4. The fraction of sp³-hybridized carbons (Fsp3) is 0.636. The highest BCUT2D eigenvalue weighted by atomic mass is 16.7. The summed E-state index contributed by atoms with van der Waals surface area (Å²) >= 11 is 0. The van der Waals surface area contributed by atoms with Crippen LogP contribution in [0.2, 0.25) is 0 Å². The highest BCUT2D eigenvalue weighted by Crippen LogP contribution is 2.30. The maximum absolute atomic E-state index is 11.3.